The summed E-state index contributed by atoms with van der Waals surface area (Å²) in [5.41, 5.74) is 1.24. The molecule has 19 heavy (non-hydrogen) atoms. The van der Waals surface area contributed by atoms with Crippen molar-refractivity contribution in [3.8, 4) is 0 Å². The van der Waals surface area contributed by atoms with Crippen molar-refractivity contribution in [2.45, 2.75) is 26.2 Å². The molecule has 0 unspecified atom stereocenters. The standard InChI is InChI=1S/C13H20N2O3S/c1-4-5-6-13(16)15(2)12-9-7-11(8-10-12)14-19(3,17)18/h7-10,14H,4-6H2,1-3H3. The summed E-state index contributed by atoms with van der Waals surface area (Å²) in [4.78, 5) is 13.4. The van der Waals surface area contributed by atoms with Crippen LogP contribution in [-0.4, -0.2) is 27.6 Å². The molecule has 0 aromatic heterocycles. The Morgan fingerprint density at radius 2 is 1.84 bits per heavy atom. The number of unbranched alkanes of at least 4 members (excludes halogenated alkanes) is 1. The fourth-order valence-corrected chi connectivity index (χ4v) is 2.17. The molecule has 0 heterocycles. The van der Waals surface area contributed by atoms with Gasteiger partial charge in [-0.05, 0) is 30.7 Å². The van der Waals surface area contributed by atoms with E-state index in [0.717, 1.165) is 24.8 Å². The van der Waals surface area contributed by atoms with E-state index in [0.29, 0.717) is 12.1 Å². The summed E-state index contributed by atoms with van der Waals surface area (Å²) in [6.07, 6.45) is 3.48. The molecule has 0 fully saturated rings. The Morgan fingerprint density at radius 3 is 2.32 bits per heavy atom. The normalized spacial score (nSPS) is 11.1. The lowest BCUT2D eigenvalue weighted by molar-refractivity contribution is -0.118. The van der Waals surface area contributed by atoms with E-state index in [2.05, 4.69) is 4.72 Å². The molecule has 5 nitrogen and oxygen atoms in total. The molecule has 1 aromatic carbocycles. The second-order valence-electron chi connectivity index (χ2n) is 4.48. The van der Waals surface area contributed by atoms with Crippen molar-refractivity contribution in [3.63, 3.8) is 0 Å². The van der Waals surface area contributed by atoms with Crippen LogP contribution in [0.15, 0.2) is 24.3 Å². The molecular weight excluding hydrogens is 264 g/mol. The Bertz CT molecular complexity index is 523. The lowest BCUT2D eigenvalue weighted by atomic mass is 10.2. The number of carbonyl (C=O) groups excluding carboxylic acids is 1. The lowest BCUT2D eigenvalue weighted by Gasteiger charge is -2.17. The van der Waals surface area contributed by atoms with E-state index in [4.69, 9.17) is 0 Å². The average Bonchev–Trinajstić information content (AvgIpc) is 2.34. The molecule has 6 heteroatoms. The van der Waals surface area contributed by atoms with E-state index >= 15 is 0 Å². The van der Waals surface area contributed by atoms with Crippen molar-refractivity contribution in [2.75, 3.05) is 22.9 Å². The Kier molecular flexibility index (Phi) is 5.35. The van der Waals surface area contributed by atoms with E-state index in [-0.39, 0.29) is 5.91 Å². The first kappa shape index (κ1) is 15.5. The van der Waals surface area contributed by atoms with Crippen molar-refractivity contribution in [1.82, 2.24) is 0 Å². The zero-order valence-electron chi connectivity index (χ0n) is 11.5. The van der Waals surface area contributed by atoms with Crippen molar-refractivity contribution in [1.29, 1.82) is 0 Å². The third-order valence-corrected chi connectivity index (χ3v) is 3.28. The summed E-state index contributed by atoms with van der Waals surface area (Å²) in [7, 11) is -1.55. The van der Waals surface area contributed by atoms with Gasteiger partial charge in [0.15, 0.2) is 0 Å². The monoisotopic (exact) mass is 284 g/mol. The maximum atomic E-state index is 11.8. The predicted octanol–water partition coefficient (Wildman–Crippen LogP) is 2.21. The molecule has 1 aromatic rings. The first-order valence-electron chi connectivity index (χ1n) is 6.18. The molecule has 0 aliphatic rings. The maximum absolute atomic E-state index is 11.8. The minimum absolute atomic E-state index is 0.0608. The molecule has 1 N–H and O–H groups in total. The summed E-state index contributed by atoms with van der Waals surface area (Å²) < 4.78 is 24.5. The zero-order valence-corrected chi connectivity index (χ0v) is 12.3. The first-order chi connectivity index (χ1) is 8.83. The molecule has 1 amide bonds. The van der Waals surface area contributed by atoms with Gasteiger partial charge in [0.05, 0.1) is 6.26 Å². The highest BCUT2D eigenvalue weighted by Crippen LogP contribution is 2.18. The number of nitrogens with one attached hydrogen (secondary N) is 1. The smallest absolute Gasteiger partial charge is 0.229 e. The molecule has 0 bridgehead atoms. The van der Waals surface area contributed by atoms with Crippen LogP contribution in [0.1, 0.15) is 26.2 Å². The number of amides is 1. The van der Waals surface area contributed by atoms with Gasteiger partial charge in [0, 0.05) is 24.8 Å². The first-order valence-corrected chi connectivity index (χ1v) is 8.07. The minimum Gasteiger partial charge on any atom is -0.316 e. The molecule has 0 saturated heterocycles. The summed E-state index contributed by atoms with van der Waals surface area (Å²) in [6, 6.07) is 6.72. The maximum Gasteiger partial charge on any atom is 0.229 e. The highest BCUT2D eigenvalue weighted by molar-refractivity contribution is 7.92. The van der Waals surface area contributed by atoms with Crippen molar-refractivity contribution in [2.24, 2.45) is 0 Å². The largest absolute Gasteiger partial charge is 0.316 e. The van der Waals surface area contributed by atoms with Crippen molar-refractivity contribution >= 4 is 27.3 Å². The molecule has 0 saturated carbocycles. The predicted molar refractivity (Wildman–Crippen MR) is 77.8 cm³/mol. The van der Waals surface area contributed by atoms with Crippen molar-refractivity contribution in [3.05, 3.63) is 24.3 Å². The van der Waals surface area contributed by atoms with Crippen LogP contribution in [0, 0.1) is 0 Å². The van der Waals surface area contributed by atoms with Gasteiger partial charge in [-0.3, -0.25) is 9.52 Å². The Hall–Kier alpha value is -1.56. The molecule has 1 rings (SSSR count). The van der Waals surface area contributed by atoms with E-state index in [1.54, 1.807) is 36.2 Å². The summed E-state index contributed by atoms with van der Waals surface area (Å²) >= 11 is 0. The number of carbonyl (C=O) groups is 1. The number of hydrogen-bond donors (Lipinski definition) is 1. The van der Waals surface area contributed by atoms with Gasteiger partial charge in [0.1, 0.15) is 0 Å². The second kappa shape index (κ2) is 6.56. The fourth-order valence-electron chi connectivity index (χ4n) is 1.61. The lowest BCUT2D eigenvalue weighted by Crippen LogP contribution is -2.25. The van der Waals surface area contributed by atoms with Crippen molar-refractivity contribution < 1.29 is 13.2 Å². The third kappa shape index (κ3) is 5.30. The topological polar surface area (TPSA) is 66.5 Å². The average molecular weight is 284 g/mol. The van der Waals surface area contributed by atoms with Crippen LogP contribution in [-0.2, 0) is 14.8 Å². The van der Waals surface area contributed by atoms with Gasteiger partial charge in [-0.15, -0.1) is 0 Å². The van der Waals surface area contributed by atoms with Gasteiger partial charge in [-0.25, -0.2) is 8.42 Å². The number of rotatable bonds is 6. The van der Waals surface area contributed by atoms with Crippen LogP contribution in [0.3, 0.4) is 0 Å². The van der Waals surface area contributed by atoms with E-state index in [1.807, 2.05) is 6.92 Å². The summed E-state index contributed by atoms with van der Waals surface area (Å²) in [5.74, 6) is 0.0608. The molecular formula is C13H20N2O3S. The van der Waals surface area contributed by atoms with Gasteiger partial charge in [-0.2, -0.15) is 0 Å². The SMILES string of the molecule is CCCCC(=O)N(C)c1ccc(NS(C)(=O)=O)cc1. The van der Waals surface area contributed by atoms with Gasteiger partial charge in [-0.1, -0.05) is 13.3 Å². The summed E-state index contributed by atoms with van der Waals surface area (Å²) in [5, 5.41) is 0. The van der Waals surface area contributed by atoms with E-state index in [1.165, 1.54) is 0 Å². The molecule has 106 valence electrons. The quantitative estimate of drug-likeness (QED) is 0.871. The Labute approximate surface area is 114 Å². The molecule has 0 radical (unpaired) electrons. The molecule has 0 spiro atoms. The summed E-state index contributed by atoms with van der Waals surface area (Å²) in [6.45, 7) is 2.04. The Balaban J connectivity index is 2.73. The molecule has 0 atom stereocenters. The molecule has 0 aliphatic carbocycles. The van der Waals surface area contributed by atoms with E-state index in [9.17, 15) is 13.2 Å². The van der Waals surface area contributed by atoms with Gasteiger partial charge < -0.3 is 4.90 Å². The van der Waals surface area contributed by atoms with Crippen LogP contribution in [0.4, 0.5) is 11.4 Å². The second-order valence-corrected chi connectivity index (χ2v) is 6.23. The van der Waals surface area contributed by atoms with Gasteiger partial charge in [0.25, 0.3) is 0 Å². The molecule has 0 aliphatic heterocycles. The number of anilines is 2. The highest BCUT2D eigenvalue weighted by atomic mass is 32.2. The van der Waals surface area contributed by atoms with Crippen LogP contribution >= 0.6 is 0 Å². The fraction of sp³-hybridized carbons (Fsp3) is 0.462. The number of sulfonamides is 1. The number of benzene rings is 1. The zero-order chi connectivity index (χ0) is 14.5. The number of nitrogens with zero attached hydrogens (tertiary/aromatic N) is 1. The van der Waals surface area contributed by atoms with Crippen LogP contribution < -0.4 is 9.62 Å². The van der Waals surface area contributed by atoms with Crippen LogP contribution in [0.5, 0.6) is 0 Å². The van der Waals surface area contributed by atoms with Gasteiger partial charge in [0.2, 0.25) is 15.9 Å². The highest BCUT2D eigenvalue weighted by Gasteiger charge is 2.10. The van der Waals surface area contributed by atoms with Gasteiger partial charge >= 0.3 is 0 Å². The third-order valence-electron chi connectivity index (χ3n) is 2.68. The van der Waals surface area contributed by atoms with E-state index < -0.39 is 10.0 Å². The van der Waals surface area contributed by atoms with Crippen LogP contribution in [0.2, 0.25) is 0 Å². The minimum atomic E-state index is -3.27. The Morgan fingerprint density at radius 1 is 1.26 bits per heavy atom. The number of hydrogen-bond acceptors (Lipinski definition) is 3. The van der Waals surface area contributed by atoms with Crippen LogP contribution in [0.25, 0.3) is 0 Å².